The first-order valence-electron chi connectivity index (χ1n) is 9.43. The van der Waals surface area contributed by atoms with Gasteiger partial charge in [0.15, 0.2) is 5.96 Å². The molecule has 160 valence electrons. The smallest absolute Gasteiger partial charge is 0.367 e. The lowest BCUT2D eigenvalue weighted by molar-refractivity contribution is -0.176. The highest BCUT2D eigenvalue weighted by atomic mass is 19.4. The van der Waals surface area contributed by atoms with Crippen LogP contribution in [0, 0.1) is 5.92 Å². The van der Waals surface area contributed by atoms with E-state index in [9.17, 15) is 13.2 Å². The lowest BCUT2D eigenvalue weighted by Gasteiger charge is -2.14. The molecule has 0 amide bonds. The largest absolute Gasteiger partial charge is 0.411 e. The standard InChI is InChI=1S/C20H28F3N5O/c1-15(2)12-28-9-8-25-18(28)11-27-19(24-3)26-10-16-4-6-17(7-5-16)13-29-14-20(21,22)23/h4-9,15H,10-14H2,1-3H3,(H2,24,26,27). The lowest BCUT2D eigenvalue weighted by Crippen LogP contribution is -2.37. The van der Waals surface area contributed by atoms with Crippen LogP contribution in [0.5, 0.6) is 0 Å². The van der Waals surface area contributed by atoms with E-state index in [1.165, 1.54) is 0 Å². The molecule has 0 spiro atoms. The first kappa shape index (κ1) is 22.7. The van der Waals surface area contributed by atoms with Crippen molar-refractivity contribution in [1.82, 2.24) is 20.2 Å². The van der Waals surface area contributed by atoms with Crippen molar-refractivity contribution in [3.8, 4) is 0 Å². The Kier molecular flexibility index (Phi) is 8.50. The number of aliphatic imine (C=N–C) groups is 1. The molecule has 2 N–H and O–H groups in total. The summed E-state index contributed by atoms with van der Waals surface area (Å²) in [6.45, 7) is 4.99. The van der Waals surface area contributed by atoms with Crippen LogP contribution < -0.4 is 10.6 Å². The number of alkyl halides is 3. The van der Waals surface area contributed by atoms with Gasteiger partial charge in [0.05, 0.1) is 13.2 Å². The minimum Gasteiger partial charge on any atom is -0.367 e. The molecular weight excluding hydrogens is 383 g/mol. The first-order valence-corrected chi connectivity index (χ1v) is 9.43. The molecule has 2 rings (SSSR count). The van der Waals surface area contributed by atoms with E-state index in [1.54, 1.807) is 25.4 Å². The van der Waals surface area contributed by atoms with Gasteiger partial charge in [-0.05, 0) is 17.0 Å². The van der Waals surface area contributed by atoms with E-state index >= 15 is 0 Å². The summed E-state index contributed by atoms with van der Waals surface area (Å²) in [5.41, 5.74) is 1.67. The molecule has 0 radical (unpaired) electrons. The van der Waals surface area contributed by atoms with E-state index in [1.807, 2.05) is 18.3 Å². The van der Waals surface area contributed by atoms with Crippen LogP contribution in [0.3, 0.4) is 0 Å². The predicted octanol–water partition coefficient (Wildman–Crippen LogP) is 3.48. The van der Waals surface area contributed by atoms with Crippen LogP contribution >= 0.6 is 0 Å². The molecule has 2 aromatic rings. The van der Waals surface area contributed by atoms with Crippen LogP contribution in [0.25, 0.3) is 0 Å². The maximum absolute atomic E-state index is 12.1. The van der Waals surface area contributed by atoms with Crippen LogP contribution in [0.4, 0.5) is 13.2 Å². The monoisotopic (exact) mass is 411 g/mol. The zero-order valence-electron chi connectivity index (χ0n) is 17.0. The fraction of sp³-hybridized carbons (Fsp3) is 0.500. The van der Waals surface area contributed by atoms with Crippen molar-refractivity contribution in [2.45, 2.75) is 46.3 Å². The average Bonchev–Trinajstić information content (AvgIpc) is 3.08. The number of benzene rings is 1. The van der Waals surface area contributed by atoms with Crippen molar-refractivity contribution < 1.29 is 17.9 Å². The molecule has 0 aliphatic carbocycles. The lowest BCUT2D eigenvalue weighted by atomic mass is 10.1. The summed E-state index contributed by atoms with van der Waals surface area (Å²) in [5.74, 6) is 2.11. The molecule has 9 heteroatoms. The number of imidazole rings is 1. The number of nitrogens with zero attached hydrogens (tertiary/aromatic N) is 3. The third-order valence-corrected chi connectivity index (χ3v) is 4.02. The number of nitrogens with one attached hydrogen (secondary N) is 2. The predicted molar refractivity (Wildman–Crippen MR) is 106 cm³/mol. The molecule has 1 aromatic carbocycles. The van der Waals surface area contributed by atoms with Gasteiger partial charge in [-0.2, -0.15) is 13.2 Å². The Bertz CT molecular complexity index is 769. The number of hydrogen-bond acceptors (Lipinski definition) is 3. The fourth-order valence-electron chi connectivity index (χ4n) is 2.67. The molecule has 6 nitrogen and oxygen atoms in total. The molecule has 0 aliphatic heterocycles. The highest BCUT2D eigenvalue weighted by molar-refractivity contribution is 5.79. The zero-order chi connectivity index (χ0) is 21.3. The molecule has 0 saturated heterocycles. The van der Waals surface area contributed by atoms with Gasteiger partial charge >= 0.3 is 6.18 Å². The van der Waals surface area contributed by atoms with Crippen molar-refractivity contribution in [3.05, 3.63) is 53.6 Å². The third-order valence-electron chi connectivity index (χ3n) is 4.02. The number of hydrogen-bond donors (Lipinski definition) is 2. The molecule has 0 unspecified atom stereocenters. The van der Waals surface area contributed by atoms with E-state index in [2.05, 4.69) is 43.8 Å². The average molecular weight is 411 g/mol. The molecule has 1 heterocycles. The Morgan fingerprint density at radius 3 is 2.41 bits per heavy atom. The van der Waals surface area contributed by atoms with Crippen LogP contribution in [-0.4, -0.2) is 35.3 Å². The van der Waals surface area contributed by atoms with E-state index < -0.39 is 12.8 Å². The second kappa shape index (κ2) is 10.8. The quantitative estimate of drug-likeness (QED) is 0.490. The number of halogens is 3. The second-order valence-corrected chi connectivity index (χ2v) is 7.09. The van der Waals surface area contributed by atoms with Crippen molar-refractivity contribution in [2.75, 3.05) is 13.7 Å². The summed E-state index contributed by atoms with van der Waals surface area (Å²) < 4.78 is 43.1. The van der Waals surface area contributed by atoms with Crippen molar-refractivity contribution in [2.24, 2.45) is 10.9 Å². The van der Waals surface area contributed by atoms with Crippen LogP contribution in [0.2, 0.25) is 0 Å². The summed E-state index contributed by atoms with van der Waals surface area (Å²) in [6.07, 6.45) is -0.554. The highest BCUT2D eigenvalue weighted by Gasteiger charge is 2.27. The Morgan fingerprint density at radius 2 is 1.79 bits per heavy atom. The van der Waals surface area contributed by atoms with Gasteiger partial charge < -0.3 is 19.9 Å². The number of aromatic nitrogens is 2. The normalized spacial score (nSPS) is 12.4. The maximum atomic E-state index is 12.1. The van der Waals surface area contributed by atoms with E-state index in [4.69, 9.17) is 0 Å². The van der Waals surface area contributed by atoms with Gasteiger partial charge in [0, 0.05) is 32.5 Å². The molecule has 0 atom stereocenters. The van der Waals surface area contributed by atoms with Gasteiger partial charge in [0.2, 0.25) is 0 Å². The summed E-state index contributed by atoms with van der Waals surface area (Å²) in [7, 11) is 1.69. The third kappa shape index (κ3) is 8.55. The Hall–Kier alpha value is -2.55. The number of ether oxygens (including phenoxy) is 1. The van der Waals surface area contributed by atoms with Crippen LogP contribution in [0.15, 0.2) is 41.7 Å². The van der Waals surface area contributed by atoms with Crippen LogP contribution in [-0.2, 0) is 31.0 Å². The van der Waals surface area contributed by atoms with Crippen LogP contribution in [0.1, 0.15) is 30.8 Å². The van der Waals surface area contributed by atoms with Gasteiger partial charge in [-0.15, -0.1) is 0 Å². The zero-order valence-corrected chi connectivity index (χ0v) is 17.0. The molecular formula is C20H28F3N5O. The summed E-state index contributed by atoms with van der Waals surface area (Å²) in [4.78, 5) is 8.58. The Balaban J connectivity index is 1.78. The first-order chi connectivity index (χ1) is 13.8. The van der Waals surface area contributed by atoms with Gasteiger partial charge in [0.1, 0.15) is 12.4 Å². The van der Waals surface area contributed by atoms with Gasteiger partial charge in [-0.1, -0.05) is 38.1 Å². The van der Waals surface area contributed by atoms with E-state index in [0.29, 0.717) is 30.5 Å². The topological polar surface area (TPSA) is 63.5 Å². The van der Waals surface area contributed by atoms with Gasteiger partial charge in [-0.25, -0.2) is 4.98 Å². The highest BCUT2D eigenvalue weighted by Crippen LogP contribution is 2.15. The minimum absolute atomic E-state index is 0.0700. The molecule has 0 saturated carbocycles. The summed E-state index contributed by atoms with van der Waals surface area (Å²) >= 11 is 0. The molecule has 1 aromatic heterocycles. The summed E-state index contributed by atoms with van der Waals surface area (Å²) in [6, 6.07) is 7.21. The Labute approximate surface area is 169 Å². The van der Waals surface area contributed by atoms with E-state index in [0.717, 1.165) is 17.9 Å². The minimum atomic E-state index is -4.31. The maximum Gasteiger partial charge on any atom is 0.411 e. The van der Waals surface area contributed by atoms with Crippen molar-refractivity contribution in [1.29, 1.82) is 0 Å². The molecule has 0 bridgehead atoms. The SMILES string of the molecule is CN=C(NCc1ccc(COCC(F)(F)F)cc1)NCc1nccn1CC(C)C. The molecule has 29 heavy (non-hydrogen) atoms. The van der Waals surface area contributed by atoms with E-state index in [-0.39, 0.29) is 6.61 Å². The summed E-state index contributed by atoms with van der Waals surface area (Å²) in [5, 5.41) is 6.45. The second-order valence-electron chi connectivity index (χ2n) is 7.09. The number of guanidine groups is 1. The molecule has 0 fully saturated rings. The Morgan fingerprint density at radius 1 is 1.14 bits per heavy atom. The molecule has 0 aliphatic rings. The fourth-order valence-corrected chi connectivity index (χ4v) is 2.67. The van der Waals surface area contributed by atoms with Gasteiger partial charge in [-0.3, -0.25) is 4.99 Å². The van der Waals surface area contributed by atoms with Gasteiger partial charge in [0.25, 0.3) is 0 Å². The number of rotatable bonds is 9. The van der Waals surface area contributed by atoms with Crippen molar-refractivity contribution in [3.63, 3.8) is 0 Å². The van der Waals surface area contributed by atoms with Crippen molar-refractivity contribution >= 4 is 5.96 Å².